The molecule has 256 valence electrons. The molecule has 1 aliphatic heterocycles. The molecular formula is C36H51ClN6O4. The molecule has 0 fully saturated rings. The van der Waals surface area contributed by atoms with Gasteiger partial charge in [-0.3, -0.25) is 4.90 Å². The van der Waals surface area contributed by atoms with E-state index in [-0.39, 0.29) is 18.0 Å². The second-order valence-electron chi connectivity index (χ2n) is 13.6. The highest BCUT2D eigenvalue weighted by atomic mass is 35.5. The maximum Gasteiger partial charge on any atom is 0.414 e. The molecule has 7 N–H and O–H groups in total. The van der Waals surface area contributed by atoms with Crippen LogP contribution >= 0.6 is 11.6 Å². The highest BCUT2D eigenvalue weighted by Crippen LogP contribution is 2.46. The molecule has 0 radical (unpaired) electrons. The van der Waals surface area contributed by atoms with Gasteiger partial charge in [0.1, 0.15) is 18.0 Å². The van der Waals surface area contributed by atoms with Crippen LogP contribution in [0, 0.1) is 5.92 Å². The molecule has 0 aliphatic carbocycles. The van der Waals surface area contributed by atoms with Gasteiger partial charge in [-0.25, -0.2) is 9.59 Å². The van der Waals surface area contributed by atoms with Crippen LogP contribution in [0.4, 0.5) is 21.0 Å². The number of nitrogens with one attached hydrogen (secondary N) is 3. The van der Waals surface area contributed by atoms with E-state index in [9.17, 15) is 9.59 Å². The number of rotatable bonds is 15. The second-order valence-corrected chi connectivity index (χ2v) is 13.9. The number of urea groups is 1. The second kappa shape index (κ2) is 16.4. The Bertz CT molecular complexity index is 1490. The molecular weight excluding hydrogens is 616 g/mol. The van der Waals surface area contributed by atoms with Crippen molar-refractivity contribution < 1.29 is 19.1 Å². The quantitative estimate of drug-likeness (QED) is 0.0946. The number of nitrogens with two attached hydrogens (primary N) is 2. The summed E-state index contributed by atoms with van der Waals surface area (Å²) in [4.78, 5) is 25.9. The summed E-state index contributed by atoms with van der Waals surface area (Å²) in [5.74, 6) is 1.46. The summed E-state index contributed by atoms with van der Waals surface area (Å²) in [6, 6.07) is 17.9. The zero-order valence-electron chi connectivity index (χ0n) is 28.3. The predicted molar refractivity (Wildman–Crippen MR) is 192 cm³/mol. The standard InChI is InChI=1S/C36H51ClN6O4/c1-23(2)30(38)20-42-27(9-8-16-40-34(39)44)19-41-26-14-12-24(13-15-26)22-46-32-17-31-33(29-11-7-6-10-28(29)32)25(18-37)21-43(31)35(45)47-36(3,4)5/h6-7,10-15,17,23,25,27,30,41-42H,8-9,16,18-22,38H2,1-5H3,(H3,39,40,44)/t25-,27+,30-/m1/s1. The number of amides is 3. The third-order valence-electron chi connectivity index (χ3n) is 8.36. The van der Waals surface area contributed by atoms with Crippen LogP contribution in [0.1, 0.15) is 64.5 Å². The number of hydrogen-bond acceptors (Lipinski definition) is 7. The number of primary amides is 1. The Morgan fingerprint density at radius 2 is 1.77 bits per heavy atom. The van der Waals surface area contributed by atoms with Crippen LogP contribution in [0.15, 0.2) is 54.6 Å². The first kappa shape index (κ1) is 36.1. The minimum Gasteiger partial charge on any atom is -0.488 e. The average Bonchev–Trinajstić information content (AvgIpc) is 3.41. The fourth-order valence-corrected chi connectivity index (χ4v) is 5.90. The van der Waals surface area contributed by atoms with E-state index in [0.29, 0.717) is 50.3 Å². The third-order valence-corrected chi connectivity index (χ3v) is 8.73. The van der Waals surface area contributed by atoms with E-state index in [4.69, 9.17) is 32.5 Å². The van der Waals surface area contributed by atoms with Crippen molar-refractivity contribution >= 4 is 45.9 Å². The fraction of sp³-hybridized carbons (Fsp3) is 0.500. The number of hydrogen-bond donors (Lipinski definition) is 5. The zero-order valence-corrected chi connectivity index (χ0v) is 29.0. The number of halogens is 1. The number of alkyl halides is 1. The lowest BCUT2D eigenvalue weighted by molar-refractivity contribution is 0.0582. The van der Waals surface area contributed by atoms with Crippen LogP contribution in [0.2, 0.25) is 0 Å². The molecule has 11 heteroatoms. The van der Waals surface area contributed by atoms with E-state index in [0.717, 1.165) is 46.1 Å². The van der Waals surface area contributed by atoms with Gasteiger partial charge in [0.25, 0.3) is 0 Å². The Morgan fingerprint density at radius 1 is 1.06 bits per heavy atom. The van der Waals surface area contributed by atoms with E-state index in [1.165, 1.54) is 0 Å². The molecule has 1 aliphatic rings. The summed E-state index contributed by atoms with van der Waals surface area (Å²) in [5, 5.41) is 11.8. The van der Waals surface area contributed by atoms with Crippen molar-refractivity contribution in [2.24, 2.45) is 17.4 Å². The molecule has 0 bridgehead atoms. The zero-order chi connectivity index (χ0) is 34.1. The lowest BCUT2D eigenvalue weighted by Crippen LogP contribution is -2.45. The van der Waals surface area contributed by atoms with Crippen molar-refractivity contribution in [2.75, 3.05) is 42.3 Å². The Balaban J connectivity index is 1.44. The van der Waals surface area contributed by atoms with Crippen LogP contribution in [0.25, 0.3) is 10.8 Å². The Kier molecular flexibility index (Phi) is 12.6. The minimum absolute atomic E-state index is 0.00766. The van der Waals surface area contributed by atoms with Crippen molar-refractivity contribution in [3.8, 4) is 5.75 Å². The molecule has 3 atom stereocenters. The summed E-state index contributed by atoms with van der Waals surface area (Å²) in [6.07, 6.45) is 1.27. The van der Waals surface area contributed by atoms with E-state index >= 15 is 0 Å². The first-order chi connectivity index (χ1) is 22.4. The normalized spacial score (nSPS) is 15.7. The largest absolute Gasteiger partial charge is 0.488 e. The first-order valence-electron chi connectivity index (χ1n) is 16.5. The summed E-state index contributed by atoms with van der Waals surface area (Å²) < 4.78 is 12.2. The third kappa shape index (κ3) is 10.1. The van der Waals surface area contributed by atoms with Crippen LogP contribution in [0.5, 0.6) is 5.75 Å². The lowest BCUT2D eigenvalue weighted by atomic mass is 9.95. The molecule has 0 saturated carbocycles. The Hall–Kier alpha value is -3.73. The number of ether oxygens (including phenoxy) is 2. The van der Waals surface area contributed by atoms with Gasteiger partial charge in [0, 0.05) is 67.2 Å². The van der Waals surface area contributed by atoms with E-state index in [1.54, 1.807) is 4.90 Å². The van der Waals surface area contributed by atoms with Gasteiger partial charge in [0.15, 0.2) is 0 Å². The van der Waals surface area contributed by atoms with Gasteiger partial charge in [0.2, 0.25) is 0 Å². The highest BCUT2D eigenvalue weighted by molar-refractivity contribution is 6.19. The van der Waals surface area contributed by atoms with Crippen LogP contribution in [-0.4, -0.2) is 61.9 Å². The van der Waals surface area contributed by atoms with Crippen molar-refractivity contribution in [2.45, 2.75) is 77.7 Å². The van der Waals surface area contributed by atoms with E-state index in [1.807, 2.05) is 69.3 Å². The van der Waals surface area contributed by atoms with Crippen molar-refractivity contribution in [1.82, 2.24) is 10.6 Å². The van der Waals surface area contributed by atoms with Crippen LogP contribution in [-0.2, 0) is 11.3 Å². The van der Waals surface area contributed by atoms with Crippen LogP contribution < -0.4 is 37.1 Å². The summed E-state index contributed by atoms with van der Waals surface area (Å²) in [6.45, 7) is 12.6. The molecule has 47 heavy (non-hydrogen) atoms. The molecule has 1 heterocycles. The lowest BCUT2D eigenvalue weighted by Gasteiger charge is -2.25. The van der Waals surface area contributed by atoms with Gasteiger partial charge >= 0.3 is 12.1 Å². The number of fused-ring (bicyclic) bond motifs is 3. The van der Waals surface area contributed by atoms with E-state index < -0.39 is 17.7 Å². The fourth-order valence-electron chi connectivity index (χ4n) is 5.64. The molecule has 4 rings (SSSR count). The summed E-state index contributed by atoms with van der Waals surface area (Å²) in [7, 11) is 0. The van der Waals surface area contributed by atoms with Crippen LogP contribution in [0.3, 0.4) is 0 Å². The monoisotopic (exact) mass is 666 g/mol. The average molecular weight is 667 g/mol. The number of carbonyl (C=O) groups excluding carboxylic acids is 2. The number of carbonyl (C=O) groups is 2. The van der Waals surface area contributed by atoms with Gasteiger partial charge in [-0.1, -0.05) is 50.2 Å². The Morgan fingerprint density at radius 3 is 2.40 bits per heavy atom. The number of nitrogens with zero attached hydrogens (tertiary/aromatic N) is 1. The van der Waals surface area contributed by atoms with Crippen molar-refractivity contribution in [3.05, 3.63) is 65.7 Å². The molecule has 0 aromatic heterocycles. The highest BCUT2D eigenvalue weighted by Gasteiger charge is 2.36. The SMILES string of the molecule is CC(C)[C@H](N)CN[C@@H](CCCNC(N)=O)CNc1ccc(COc2cc3c(c4ccccc24)[C@H](CCl)CN3C(=O)OC(C)(C)C)cc1. The predicted octanol–water partition coefficient (Wildman–Crippen LogP) is 6.30. The smallest absolute Gasteiger partial charge is 0.414 e. The van der Waals surface area contributed by atoms with Crippen molar-refractivity contribution in [1.29, 1.82) is 0 Å². The molecule has 10 nitrogen and oxygen atoms in total. The number of anilines is 2. The first-order valence-corrected chi connectivity index (χ1v) is 17.0. The molecule has 3 amide bonds. The minimum atomic E-state index is -0.615. The summed E-state index contributed by atoms with van der Waals surface area (Å²) >= 11 is 6.41. The maximum atomic E-state index is 13.2. The number of benzene rings is 3. The molecule has 0 saturated heterocycles. The van der Waals surface area contributed by atoms with Crippen molar-refractivity contribution in [3.63, 3.8) is 0 Å². The van der Waals surface area contributed by atoms with Gasteiger partial charge in [-0.05, 0) is 68.2 Å². The topological polar surface area (TPSA) is 144 Å². The maximum absolute atomic E-state index is 13.2. The molecule has 3 aromatic rings. The van der Waals surface area contributed by atoms with Gasteiger partial charge in [-0.2, -0.15) is 0 Å². The molecule has 0 unspecified atom stereocenters. The Labute approximate surface area is 283 Å². The molecule has 0 spiro atoms. The molecule has 3 aromatic carbocycles. The summed E-state index contributed by atoms with van der Waals surface area (Å²) in [5.41, 5.74) is 14.7. The van der Waals surface area contributed by atoms with Gasteiger partial charge in [0.05, 0.1) is 5.69 Å². The van der Waals surface area contributed by atoms with Gasteiger partial charge in [-0.15, -0.1) is 11.6 Å². The van der Waals surface area contributed by atoms with E-state index in [2.05, 4.69) is 35.9 Å². The van der Waals surface area contributed by atoms with Gasteiger partial charge < -0.3 is 36.9 Å².